The quantitative estimate of drug-likeness (QED) is 0.0169. The Morgan fingerprint density at radius 1 is 0.288 bits per heavy atom. The van der Waals surface area contributed by atoms with Crippen LogP contribution in [0, 0.1) is 0 Å². The monoisotopic (exact) mass is 1490 g/mol. The van der Waals surface area contributed by atoms with Crippen LogP contribution < -0.4 is 0 Å². The van der Waals surface area contributed by atoms with Gasteiger partial charge in [0.2, 0.25) is 0 Å². The summed E-state index contributed by atoms with van der Waals surface area (Å²) in [7, 11) is -10.0. The van der Waals surface area contributed by atoms with E-state index < -0.39 is 97.5 Å². The zero-order chi connectivity index (χ0) is 76.0. The molecule has 0 aliphatic rings. The highest BCUT2D eigenvalue weighted by Gasteiger charge is 2.30. The third-order valence-corrected chi connectivity index (χ3v) is 17.9. The molecule has 0 aliphatic heterocycles. The summed E-state index contributed by atoms with van der Waals surface area (Å²) in [5.74, 6) is -2.39. The van der Waals surface area contributed by atoms with Crippen molar-refractivity contribution < 1.29 is 80.2 Å². The number of carbonyl (C=O) groups is 4. The van der Waals surface area contributed by atoms with Gasteiger partial charge < -0.3 is 33.8 Å². The standard InChI is InChI=1S/C85H140O17P2/c1-5-9-13-17-21-25-29-33-37-38-39-40-44-46-50-54-58-62-66-70-83(88)96-76-81(102-85(90)72-68-64-60-56-52-48-43-36-32-28-24-20-16-12-8-4)78-100-104(93,94)98-74-79(86)73-97-103(91,92)99-77-80(101-84(89)71-67-63-59-55-51-47-42-35-31-27-23-19-15-11-7-3)75-95-82(87)69-65-61-57-53-49-45-41-34-30-26-22-18-14-10-6-2/h9-11,13-15,21-23,25-27,33-35,37,39-42,49,51,53,55,61,65,79-81,86H,5-8,12,16-20,24,28-32,36,38,43-48,50,52,54,56-60,62-64,66-78H2,1-4H3,(H,91,92)(H,93,94)/b13-9-,14-10-,15-11-,25-21-,26-22-,27-23-,37-33-,40-39-,41-34-,42-35-,53-49-,55-51-,65-61-. The molecule has 0 spiro atoms. The highest BCUT2D eigenvalue weighted by molar-refractivity contribution is 7.47. The fourth-order valence-electron chi connectivity index (χ4n) is 10.1. The molecule has 19 heteroatoms. The van der Waals surface area contributed by atoms with Crippen molar-refractivity contribution in [1.82, 2.24) is 0 Å². The molecule has 0 bridgehead atoms. The third kappa shape index (κ3) is 74.9. The Morgan fingerprint density at radius 3 is 0.875 bits per heavy atom. The number of rotatable bonds is 73. The lowest BCUT2D eigenvalue weighted by molar-refractivity contribution is -0.161. The van der Waals surface area contributed by atoms with Gasteiger partial charge in [-0.05, 0) is 128 Å². The lowest BCUT2D eigenvalue weighted by Crippen LogP contribution is -2.30. The van der Waals surface area contributed by atoms with Gasteiger partial charge >= 0.3 is 39.5 Å². The molecule has 0 aliphatic carbocycles. The van der Waals surface area contributed by atoms with Gasteiger partial charge in [-0.2, -0.15) is 0 Å². The summed E-state index contributed by atoms with van der Waals surface area (Å²) in [5, 5.41) is 10.6. The number of hydrogen-bond donors (Lipinski definition) is 3. The lowest BCUT2D eigenvalue weighted by Gasteiger charge is -2.21. The molecule has 592 valence electrons. The largest absolute Gasteiger partial charge is 0.472 e. The van der Waals surface area contributed by atoms with Gasteiger partial charge in [0.15, 0.2) is 12.2 Å². The minimum atomic E-state index is -5.01. The molecule has 0 radical (unpaired) electrons. The van der Waals surface area contributed by atoms with E-state index in [1.807, 2.05) is 24.3 Å². The van der Waals surface area contributed by atoms with Crippen molar-refractivity contribution in [1.29, 1.82) is 0 Å². The van der Waals surface area contributed by atoms with Crippen LogP contribution in [0.3, 0.4) is 0 Å². The van der Waals surface area contributed by atoms with Gasteiger partial charge in [-0.25, -0.2) is 9.13 Å². The molecule has 5 unspecified atom stereocenters. The predicted octanol–water partition coefficient (Wildman–Crippen LogP) is 23.2. The number of aliphatic hydroxyl groups excluding tert-OH is 1. The van der Waals surface area contributed by atoms with Gasteiger partial charge in [-0.3, -0.25) is 37.3 Å². The average molecular weight is 1500 g/mol. The molecule has 0 aromatic rings. The third-order valence-electron chi connectivity index (χ3n) is 16.0. The average Bonchev–Trinajstić information content (AvgIpc) is 0.912. The second-order valence-corrected chi connectivity index (χ2v) is 28.8. The Bertz CT molecular complexity index is 2590. The maximum atomic E-state index is 13.1. The number of aliphatic hydroxyl groups is 1. The molecule has 0 aromatic heterocycles. The van der Waals surface area contributed by atoms with Crippen LogP contribution in [0.1, 0.15) is 297 Å². The van der Waals surface area contributed by atoms with Crippen LogP contribution in [0.25, 0.3) is 0 Å². The zero-order valence-corrected chi connectivity index (χ0v) is 66.4. The van der Waals surface area contributed by atoms with Crippen LogP contribution in [0.15, 0.2) is 158 Å². The van der Waals surface area contributed by atoms with E-state index in [1.165, 1.54) is 64.2 Å². The van der Waals surface area contributed by atoms with E-state index in [0.717, 1.165) is 148 Å². The van der Waals surface area contributed by atoms with E-state index in [4.69, 9.17) is 37.0 Å². The minimum absolute atomic E-state index is 0.0185. The molecule has 17 nitrogen and oxygen atoms in total. The van der Waals surface area contributed by atoms with E-state index in [2.05, 4.69) is 155 Å². The number of carbonyl (C=O) groups excluding carboxylic acids is 4. The Hall–Kier alpha value is -5.32. The Balaban J connectivity index is 5.46. The highest BCUT2D eigenvalue weighted by Crippen LogP contribution is 2.45. The topological polar surface area (TPSA) is 237 Å². The van der Waals surface area contributed by atoms with Crippen LogP contribution in [0.2, 0.25) is 0 Å². The summed E-state index contributed by atoms with van der Waals surface area (Å²) < 4.78 is 68.4. The van der Waals surface area contributed by atoms with Crippen molar-refractivity contribution in [3.8, 4) is 0 Å². The van der Waals surface area contributed by atoms with Gasteiger partial charge in [0.05, 0.1) is 32.8 Å². The van der Waals surface area contributed by atoms with Crippen molar-refractivity contribution >= 4 is 39.5 Å². The number of ether oxygens (including phenoxy) is 4. The first-order valence-corrected chi connectivity index (χ1v) is 42.7. The van der Waals surface area contributed by atoms with Crippen molar-refractivity contribution in [3.63, 3.8) is 0 Å². The summed E-state index contributed by atoms with van der Waals surface area (Å²) in [6.45, 7) is 4.36. The van der Waals surface area contributed by atoms with E-state index in [0.29, 0.717) is 32.1 Å². The Morgan fingerprint density at radius 2 is 0.538 bits per heavy atom. The molecule has 0 rings (SSSR count). The van der Waals surface area contributed by atoms with Crippen molar-refractivity contribution in [3.05, 3.63) is 158 Å². The van der Waals surface area contributed by atoms with E-state index in [1.54, 1.807) is 6.08 Å². The molecule has 104 heavy (non-hydrogen) atoms. The second kappa shape index (κ2) is 75.9. The Kier molecular flexibility index (Phi) is 72.0. The molecule has 0 saturated heterocycles. The van der Waals surface area contributed by atoms with Gasteiger partial charge in [0, 0.05) is 19.3 Å². The van der Waals surface area contributed by atoms with Crippen LogP contribution in [0.4, 0.5) is 0 Å². The van der Waals surface area contributed by atoms with Crippen molar-refractivity contribution in [2.75, 3.05) is 39.6 Å². The molecular weight excluding hydrogens is 1350 g/mol. The Labute approximate surface area is 629 Å². The van der Waals surface area contributed by atoms with Gasteiger partial charge in [0.25, 0.3) is 0 Å². The second-order valence-electron chi connectivity index (χ2n) is 25.9. The molecule has 5 atom stereocenters. The fourth-order valence-corrected chi connectivity index (χ4v) is 11.7. The summed E-state index contributed by atoms with van der Waals surface area (Å²) in [4.78, 5) is 72.9. The first-order valence-electron chi connectivity index (χ1n) is 39.7. The van der Waals surface area contributed by atoms with Gasteiger partial charge in [-0.15, -0.1) is 0 Å². The van der Waals surface area contributed by atoms with Crippen LogP contribution in [-0.4, -0.2) is 96.7 Å². The maximum absolute atomic E-state index is 13.1. The van der Waals surface area contributed by atoms with Crippen LogP contribution >= 0.6 is 15.6 Å². The number of phosphoric acid groups is 2. The van der Waals surface area contributed by atoms with Crippen LogP contribution in [-0.2, 0) is 65.4 Å². The highest BCUT2D eigenvalue weighted by atomic mass is 31.2. The summed E-state index contributed by atoms with van der Waals surface area (Å²) in [6.07, 6.45) is 88.3. The molecule has 0 aromatic carbocycles. The number of phosphoric ester groups is 2. The molecule has 0 heterocycles. The first-order chi connectivity index (χ1) is 50.7. The number of esters is 4. The van der Waals surface area contributed by atoms with E-state index >= 15 is 0 Å². The normalized spacial score (nSPS) is 14.7. The minimum Gasteiger partial charge on any atom is -0.462 e. The number of unbranched alkanes of at least 4 members (excludes halogenated alkanes) is 22. The summed E-state index contributed by atoms with van der Waals surface area (Å²) in [6, 6.07) is 0. The maximum Gasteiger partial charge on any atom is 0.472 e. The molecule has 3 N–H and O–H groups in total. The molecule has 0 saturated carbocycles. The fraction of sp³-hybridized carbons (Fsp3) is 0.647. The zero-order valence-electron chi connectivity index (χ0n) is 64.6. The van der Waals surface area contributed by atoms with Gasteiger partial charge in [0.1, 0.15) is 19.3 Å². The molecule has 0 amide bonds. The van der Waals surface area contributed by atoms with Crippen molar-refractivity contribution in [2.24, 2.45) is 0 Å². The predicted molar refractivity (Wildman–Crippen MR) is 427 cm³/mol. The SMILES string of the molecule is CC/C=C\C/C=C\C/C=C\C/C=C\C/C=C\CC(=O)OCC(COP(=O)(O)OCC(O)COP(=O)(O)OCC(COC(=O)CCCCCCCC/C=C\C/C=C\C/C=C\C/C=C\CC)OC(=O)CCCCCCCCCCCCCCCCC)OC(=O)CCCC/C=C\C/C=C\C/C=C\C/C=C\CC. The molecular formula is C85H140O17P2. The smallest absolute Gasteiger partial charge is 0.462 e. The van der Waals surface area contributed by atoms with Gasteiger partial charge in [-0.1, -0.05) is 301 Å². The summed E-state index contributed by atoms with van der Waals surface area (Å²) >= 11 is 0. The van der Waals surface area contributed by atoms with E-state index in [-0.39, 0.29) is 25.7 Å². The number of allylic oxidation sites excluding steroid dienone is 25. The number of hydrogen-bond acceptors (Lipinski definition) is 15. The van der Waals surface area contributed by atoms with Crippen molar-refractivity contribution in [2.45, 2.75) is 316 Å². The first kappa shape index (κ1) is 98.7. The van der Waals surface area contributed by atoms with E-state index in [9.17, 15) is 43.2 Å². The molecule has 0 fully saturated rings. The lowest BCUT2D eigenvalue weighted by atomic mass is 10.0. The van der Waals surface area contributed by atoms with Crippen LogP contribution in [0.5, 0.6) is 0 Å². The summed E-state index contributed by atoms with van der Waals surface area (Å²) in [5.41, 5.74) is 0.